The van der Waals surface area contributed by atoms with Crippen molar-refractivity contribution >= 4 is 5.69 Å². The van der Waals surface area contributed by atoms with Crippen molar-refractivity contribution < 1.29 is 4.39 Å². The van der Waals surface area contributed by atoms with E-state index in [1.165, 1.54) is 6.07 Å². The Morgan fingerprint density at radius 1 is 1.27 bits per heavy atom. The molecule has 0 aromatic heterocycles. The first kappa shape index (κ1) is 8.92. The highest BCUT2D eigenvalue weighted by Gasteiger charge is 2.38. The average Bonchev–Trinajstić information content (AvgIpc) is 2.61. The van der Waals surface area contributed by atoms with Crippen LogP contribution in [0.1, 0.15) is 5.56 Å². The minimum absolute atomic E-state index is 0.0459. The molecule has 1 spiro atoms. The molecule has 2 aliphatic heterocycles. The van der Waals surface area contributed by atoms with E-state index in [9.17, 15) is 4.39 Å². The van der Waals surface area contributed by atoms with Crippen LogP contribution in [0.5, 0.6) is 0 Å². The van der Waals surface area contributed by atoms with Crippen molar-refractivity contribution in [2.24, 2.45) is 0 Å². The molecule has 2 aliphatic rings. The molecule has 0 aliphatic carbocycles. The van der Waals surface area contributed by atoms with Gasteiger partial charge in [-0.2, -0.15) is 0 Å². The first-order valence-electron chi connectivity index (χ1n) is 5.23. The maximum atomic E-state index is 13.5. The minimum atomic E-state index is -0.150. The fraction of sp³-hybridized carbons (Fsp3) is 0.333. The average molecular weight is 204 g/mol. The van der Waals surface area contributed by atoms with E-state index in [-0.39, 0.29) is 11.2 Å². The predicted molar refractivity (Wildman–Crippen MR) is 58.6 cm³/mol. The van der Waals surface area contributed by atoms with Crippen molar-refractivity contribution in [3.63, 3.8) is 0 Å². The molecular formula is C12H13FN2. The van der Waals surface area contributed by atoms with Crippen molar-refractivity contribution in [3.05, 3.63) is 41.7 Å². The maximum absolute atomic E-state index is 13.5. The van der Waals surface area contributed by atoms with E-state index >= 15 is 0 Å². The number of fused-ring (bicyclic) bond motifs is 2. The van der Waals surface area contributed by atoms with Gasteiger partial charge >= 0.3 is 0 Å². The van der Waals surface area contributed by atoms with Gasteiger partial charge in [0.25, 0.3) is 0 Å². The zero-order valence-electron chi connectivity index (χ0n) is 8.39. The second kappa shape index (κ2) is 3.07. The zero-order valence-corrected chi connectivity index (χ0v) is 8.39. The molecule has 3 rings (SSSR count). The molecule has 1 aromatic rings. The third-order valence-corrected chi connectivity index (χ3v) is 3.27. The Morgan fingerprint density at radius 2 is 2.20 bits per heavy atom. The highest BCUT2D eigenvalue weighted by atomic mass is 19.1. The number of benzene rings is 1. The van der Waals surface area contributed by atoms with Gasteiger partial charge in [0, 0.05) is 25.0 Å². The standard InChI is InChI=1S/C12H13FN2/c13-10-4-1-3-9-11(10)15-8-12(9)5-2-6-14-7-12/h1-5,14-15H,6-8H2/t12-/m0/s1. The molecule has 2 nitrogen and oxygen atoms in total. The molecule has 2 N–H and O–H groups in total. The highest BCUT2D eigenvalue weighted by molar-refractivity contribution is 5.63. The van der Waals surface area contributed by atoms with Gasteiger partial charge in [0.05, 0.1) is 5.69 Å². The van der Waals surface area contributed by atoms with Crippen LogP contribution >= 0.6 is 0 Å². The van der Waals surface area contributed by atoms with Crippen molar-refractivity contribution in [2.45, 2.75) is 5.41 Å². The van der Waals surface area contributed by atoms with Gasteiger partial charge in [0.1, 0.15) is 5.82 Å². The summed E-state index contributed by atoms with van der Waals surface area (Å²) in [5, 5.41) is 6.49. The number of anilines is 1. The molecule has 1 aromatic carbocycles. The summed E-state index contributed by atoms with van der Waals surface area (Å²) < 4.78 is 13.5. The Morgan fingerprint density at radius 3 is 3.00 bits per heavy atom. The molecule has 15 heavy (non-hydrogen) atoms. The van der Waals surface area contributed by atoms with Gasteiger partial charge in [0.2, 0.25) is 0 Å². The summed E-state index contributed by atoms with van der Waals surface area (Å²) in [6.45, 7) is 2.58. The minimum Gasteiger partial charge on any atom is -0.381 e. The van der Waals surface area contributed by atoms with E-state index < -0.39 is 0 Å². The Balaban J connectivity index is 2.15. The fourth-order valence-corrected chi connectivity index (χ4v) is 2.49. The number of para-hydroxylation sites is 1. The van der Waals surface area contributed by atoms with Crippen molar-refractivity contribution in [2.75, 3.05) is 25.0 Å². The van der Waals surface area contributed by atoms with E-state index in [0.717, 1.165) is 25.2 Å². The van der Waals surface area contributed by atoms with Gasteiger partial charge in [-0.1, -0.05) is 24.3 Å². The third kappa shape index (κ3) is 1.20. The van der Waals surface area contributed by atoms with Crippen molar-refractivity contribution in [3.8, 4) is 0 Å². The zero-order chi connectivity index (χ0) is 10.3. The molecular weight excluding hydrogens is 191 g/mol. The molecule has 0 fully saturated rings. The second-order valence-electron chi connectivity index (χ2n) is 4.21. The van der Waals surface area contributed by atoms with Gasteiger partial charge in [-0.25, -0.2) is 4.39 Å². The summed E-state index contributed by atoms with van der Waals surface area (Å²) in [6, 6.07) is 5.30. The summed E-state index contributed by atoms with van der Waals surface area (Å²) in [5.74, 6) is -0.150. The third-order valence-electron chi connectivity index (χ3n) is 3.27. The van der Waals surface area contributed by atoms with E-state index in [1.807, 2.05) is 6.07 Å². The summed E-state index contributed by atoms with van der Waals surface area (Å²) >= 11 is 0. The van der Waals surface area contributed by atoms with Crippen LogP contribution in [-0.4, -0.2) is 19.6 Å². The molecule has 3 heteroatoms. The monoisotopic (exact) mass is 204 g/mol. The lowest BCUT2D eigenvalue weighted by Gasteiger charge is -2.29. The lowest BCUT2D eigenvalue weighted by atomic mass is 9.80. The summed E-state index contributed by atoms with van der Waals surface area (Å²) in [6.07, 6.45) is 4.31. The Bertz CT molecular complexity index is 428. The van der Waals surface area contributed by atoms with E-state index in [2.05, 4.69) is 22.8 Å². The van der Waals surface area contributed by atoms with Crippen LogP contribution in [0.3, 0.4) is 0 Å². The van der Waals surface area contributed by atoms with Crippen LogP contribution in [0, 0.1) is 5.82 Å². The van der Waals surface area contributed by atoms with Gasteiger partial charge in [-0.3, -0.25) is 0 Å². The van der Waals surface area contributed by atoms with Gasteiger partial charge in [-0.15, -0.1) is 0 Å². The van der Waals surface area contributed by atoms with Crippen LogP contribution in [0.15, 0.2) is 30.4 Å². The van der Waals surface area contributed by atoms with Crippen LogP contribution in [0.2, 0.25) is 0 Å². The lowest BCUT2D eigenvalue weighted by Crippen LogP contribution is -2.41. The van der Waals surface area contributed by atoms with E-state index in [4.69, 9.17) is 0 Å². The van der Waals surface area contributed by atoms with Crippen LogP contribution in [0.4, 0.5) is 10.1 Å². The van der Waals surface area contributed by atoms with Crippen LogP contribution < -0.4 is 10.6 Å². The molecule has 0 saturated heterocycles. The molecule has 0 amide bonds. The fourth-order valence-electron chi connectivity index (χ4n) is 2.49. The molecule has 78 valence electrons. The smallest absolute Gasteiger partial charge is 0.146 e. The second-order valence-corrected chi connectivity index (χ2v) is 4.21. The van der Waals surface area contributed by atoms with E-state index in [0.29, 0.717) is 5.69 Å². The van der Waals surface area contributed by atoms with Gasteiger partial charge in [-0.05, 0) is 11.6 Å². The quantitative estimate of drug-likeness (QED) is 0.628. The van der Waals surface area contributed by atoms with Crippen molar-refractivity contribution in [1.29, 1.82) is 0 Å². The largest absolute Gasteiger partial charge is 0.381 e. The molecule has 1 atom stereocenters. The summed E-state index contributed by atoms with van der Waals surface area (Å²) in [4.78, 5) is 0. The summed E-state index contributed by atoms with van der Waals surface area (Å²) in [5.41, 5.74) is 1.70. The molecule has 0 bridgehead atoms. The van der Waals surface area contributed by atoms with Crippen LogP contribution in [0.25, 0.3) is 0 Å². The first-order chi connectivity index (χ1) is 7.32. The number of rotatable bonds is 0. The van der Waals surface area contributed by atoms with Crippen molar-refractivity contribution in [1.82, 2.24) is 5.32 Å². The lowest BCUT2D eigenvalue weighted by molar-refractivity contribution is 0.512. The Labute approximate surface area is 88.2 Å². The van der Waals surface area contributed by atoms with Crippen LogP contribution in [-0.2, 0) is 5.41 Å². The summed E-state index contributed by atoms with van der Waals surface area (Å²) in [7, 11) is 0. The van der Waals surface area contributed by atoms with Gasteiger partial charge in [0.15, 0.2) is 0 Å². The van der Waals surface area contributed by atoms with Gasteiger partial charge < -0.3 is 10.6 Å². The number of halogens is 1. The Hall–Kier alpha value is -1.35. The Kier molecular flexibility index (Phi) is 1.83. The van der Waals surface area contributed by atoms with E-state index in [1.54, 1.807) is 6.07 Å². The number of hydrogen-bond donors (Lipinski definition) is 2. The normalized spacial score (nSPS) is 27.8. The first-order valence-corrected chi connectivity index (χ1v) is 5.23. The molecule has 0 saturated carbocycles. The number of nitrogens with one attached hydrogen (secondary N) is 2. The molecule has 0 unspecified atom stereocenters. The highest BCUT2D eigenvalue weighted by Crippen LogP contribution is 2.39. The number of hydrogen-bond acceptors (Lipinski definition) is 2. The SMILES string of the molecule is Fc1cccc2c1NC[C@@]21C=CCNC1. The topological polar surface area (TPSA) is 24.1 Å². The molecule has 0 radical (unpaired) electrons. The maximum Gasteiger partial charge on any atom is 0.146 e. The predicted octanol–water partition coefficient (Wildman–Crippen LogP) is 1.65. The molecule has 2 heterocycles.